The summed E-state index contributed by atoms with van der Waals surface area (Å²) in [4.78, 5) is 0. The molecule has 1 aliphatic heterocycles. The molecule has 0 unspecified atom stereocenters. The van der Waals surface area contributed by atoms with Crippen molar-refractivity contribution in [3.8, 4) is 11.1 Å². The minimum atomic E-state index is -0.303. The molecule has 0 fully saturated rings. The largest absolute Gasteiger partial charge is 0.233 e. The second-order valence-electron chi connectivity index (χ2n) is 6.27. The molecule has 0 atom stereocenters. The number of nitrogens with zero attached hydrogens (tertiary/aromatic N) is 2. The number of hydrogen-bond acceptors (Lipinski definition) is 2. The van der Waals surface area contributed by atoms with Crippen molar-refractivity contribution in [1.82, 2.24) is 5.01 Å². The number of hydrogen-bond donors (Lipinski definition) is 0. The smallest absolute Gasteiger partial charge is 0.131 e. The van der Waals surface area contributed by atoms with Gasteiger partial charge in [0.25, 0.3) is 0 Å². The third-order valence-corrected chi connectivity index (χ3v) is 4.69. The number of halogens is 2. The molecule has 3 rings (SSSR count). The molecule has 0 N–H and O–H groups in total. The lowest BCUT2D eigenvalue weighted by molar-refractivity contribution is 0.514. The molecule has 0 spiro atoms. The van der Waals surface area contributed by atoms with Gasteiger partial charge in [-0.25, -0.2) is 9.40 Å². The van der Waals surface area contributed by atoms with E-state index in [0.29, 0.717) is 10.6 Å². The maximum absolute atomic E-state index is 14.6. The maximum Gasteiger partial charge on any atom is 0.131 e. The molecule has 0 saturated heterocycles. The van der Waals surface area contributed by atoms with Gasteiger partial charge < -0.3 is 0 Å². The van der Waals surface area contributed by atoms with E-state index in [9.17, 15) is 4.39 Å². The van der Waals surface area contributed by atoms with Crippen LogP contribution in [-0.2, 0) is 0 Å². The van der Waals surface area contributed by atoms with E-state index < -0.39 is 0 Å². The monoisotopic (exact) mass is 378 g/mol. The van der Waals surface area contributed by atoms with E-state index in [1.807, 2.05) is 51.2 Å². The maximum atomic E-state index is 14.6. The van der Waals surface area contributed by atoms with Crippen molar-refractivity contribution in [2.24, 2.45) is 5.10 Å². The first-order valence-electron chi connectivity index (χ1n) is 8.60. The summed E-state index contributed by atoms with van der Waals surface area (Å²) >= 11 is 6.15. The van der Waals surface area contributed by atoms with Crippen molar-refractivity contribution < 1.29 is 4.39 Å². The zero-order valence-corrected chi connectivity index (χ0v) is 16.3. The van der Waals surface area contributed by atoms with Crippen molar-refractivity contribution in [1.29, 1.82) is 0 Å². The van der Waals surface area contributed by atoms with Gasteiger partial charge >= 0.3 is 0 Å². The van der Waals surface area contributed by atoms with Crippen LogP contribution in [0.3, 0.4) is 0 Å². The lowest BCUT2D eigenvalue weighted by Crippen LogP contribution is -2.13. The SMILES string of the molecule is C=C=C1C=C(C)C(c2cccc(C)c2-c2cc(Cl)ccc2F)=CN1N=CC. The average Bonchev–Trinajstić information content (AvgIpc) is 2.65. The zero-order chi connectivity index (χ0) is 19.6. The van der Waals surface area contributed by atoms with Crippen molar-refractivity contribution in [2.75, 3.05) is 0 Å². The van der Waals surface area contributed by atoms with Crippen molar-refractivity contribution in [2.45, 2.75) is 20.8 Å². The lowest BCUT2D eigenvalue weighted by Gasteiger charge is -2.25. The van der Waals surface area contributed by atoms with Crippen molar-refractivity contribution in [3.63, 3.8) is 0 Å². The fourth-order valence-corrected chi connectivity index (χ4v) is 3.39. The van der Waals surface area contributed by atoms with Crippen LogP contribution >= 0.6 is 11.6 Å². The molecule has 1 heterocycles. The van der Waals surface area contributed by atoms with Crippen LogP contribution in [0.1, 0.15) is 25.0 Å². The molecule has 0 aromatic heterocycles. The molecule has 0 aliphatic carbocycles. The summed E-state index contributed by atoms with van der Waals surface area (Å²) in [5.74, 6) is -0.303. The molecule has 136 valence electrons. The van der Waals surface area contributed by atoms with Crippen LogP contribution in [0.15, 0.2) is 77.4 Å². The van der Waals surface area contributed by atoms with Crippen molar-refractivity contribution >= 4 is 23.4 Å². The first-order chi connectivity index (χ1) is 13.0. The molecule has 27 heavy (non-hydrogen) atoms. The summed E-state index contributed by atoms with van der Waals surface area (Å²) in [6.07, 6.45) is 5.59. The Morgan fingerprint density at radius 3 is 2.67 bits per heavy atom. The molecule has 4 heteroatoms. The van der Waals surface area contributed by atoms with Gasteiger partial charge in [0, 0.05) is 28.6 Å². The minimum Gasteiger partial charge on any atom is -0.233 e. The van der Waals surface area contributed by atoms with Gasteiger partial charge in [0.2, 0.25) is 0 Å². The van der Waals surface area contributed by atoms with E-state index in [4.69, 9.17) is 11.6 Å². The third-order valence-electron chi connectivity index (χ3n) is 4.46. The van der Waals surface area contributed by atoms with Crippen LogP contribution in [0, 0.1) is 12.7 Å². The van der Waals surface area contributed by atoms with E-state index in [2.05, 4.69) is 17.4 Å². The Morgan fingerprint density at radius 1 is 1.19 bits per heavy atom. The van der Waals surface area contributed by atoms with Gasteiger partial charge in [0.05, 0.1) is 0 Å². The van der Waals surface area contributed by atoms with Gasteiger partial charge in [0.15, 0.2) is 0 Å². The van der Waals surface area contributed by atoms with E-state index in [0.717, 1.165) is 33.5 Å². The predicted molar refractivity (Wildman–Crippen MR) is 112 cm³/mol. The fourth-order valence-electron chi connectivity index (χ4n) is 3.22. The molecule has 2 aromatic carbocycles. The summed E-state index contributed by atoms with van der Waals surface area (Å²) in [6, 6.07) is 10.6. The van der Waals surface area contributed by atoms with E-state index >= 15 is 0 Å². The van der Waals surface area contributed by atoms with Gasteiger partial charge in [-0.05, 0) is 67.3 Å². The topological polar surface area (TPSA) is 15.6 Å². The molecular weight excluding hydrogens is 359 g/mol. The van der Waals surface area contributed by atoms with Crippen LogP contribution in [0.5, 0.6) is 0 Å². The van der Waals surface area contributed by atoms with Gasteiger partial charge in [-0.15, -0.1) is 5.73 Å². The summed E-state index contributed by atoms with van der Waals surface area (Å²) in [5, 5.41) is 6.57. The van der Waals surface area contributed by atoms with Gasteiger partial charge in [-0.2, -0.15) is 5.10 Å². The first-order valence-corrected chi connectivity index (χ1v) is 8.97. The van der Waals surface area contributed by atoms with Gasteiger partial charge in [-0.1, -0.05) is 36.4 Å². The molecule has 2 aromatic rings. The Labute approximate surface area is 164 Å². The van der Waals surface area contributed by atoms with Crippen LogP contribution in [0.4, 0.5) is 4.39 Å². The lowest BCUT2D eigenvalue weighted by atomic mass is 9.87. The molecule has 0 radical (unpaired) electrons. The van der Waals surface area contributed by atoms with Crippen LogP contribution < -0.4 is 0 Å². The standard InChI is InChI=1S/C23H20ClFN2/c1-5-18-12-16(4)21(14-27(18)26-6-2)19-9-7-8-15(3)23(19)20-13-17(24)10-11-22(20)25/h6-14H,1H2,2-4H3. The summed E-state index contributed by atoms with van der Waals surface area (Å²) in [7, 11) is 0. The number of hydrazone groups is 1. The minimum absolute atomic E-state index is 0.303. The molecule has 0 saturated carbocycles. The molecular formula is C23H20ClFN2. The number of aryl methyl sites for hydroxylation is 1. The van der Waals surface area contributed by atoms with Gasteiger partial charge in [0.1, 0.15) is 11.5 Å². The highest BCUT2D eigenvalue weighted by Crippen LogP contribution is 2.39. The Balaban J connectivity index is 2.27. The Bertz CT molecular complexity index is 1040. The number of benzene rings is 2. The quantitative estimate of drug-likeness (QED) is 0.427. The number of rotatable bonds is 3. The third kappa shape index (κ3) is 3.66. The Hall–Kier alpha value is -2.87. The Morgan fingerprint density at radius 2 is 1.96 bits per heavy atom. The molecule has 1 aliphatic rings. The second kappa shape index (κ2) is 7.79. The van der Waals surface area contributed by atoms with E-state index in [-0.39, 0.29) is 5.82 Å². The molecule has 0 amide bonds. The van der Waals surface area contributed by atoms with E-state index in [1.165, 1.54) is 6.07 Å². The van der Waals surface area contributed by atoms with Crippen LogP contribution in [0.25, 0.3) is 16.7 Å². The summed E-state index contributed by atoms with van der Waals surface area (Å²) in [6.45, 7) is 9.56. The average molecular weight is 379 g/mol. The predicted octanol–water partition coefficient (Wildman–Crippen LogP) is 6.73. The second-order valence-corrected chi connectivity index (χ2v) is 6.71. The van der Waals surface area contributed by atoms with Crippen LogP contribution in [0.2, 0.25) is 5.02 Å². The van der Waals surface area contributed by atoms with E-state index in [1.54, 1.807) is 23.4 Å². The number of allylic oxidation sites excluding steroid dienone is 3. The normalized spacial score (nSPS) is 14.3. The molecule has 2 nitrogen and oxygen atoms in total. The highest BCUT2D eigenvalue weighted by Gasteiger charge is 2.20. The fraction of sp³-hybridized carbons (Fsp3) is 0.130. The van der Waals surface area contributed by atoms with Gasteiger partial charge in [-0.3, -0.25) is 0 Å². The Kier molecular flexibility index (Phi) is 5.46. The highest BCUT2D eigenvalue weighted by molar-refractivity contribution is 6.30. The van der Waals surface area contributed by atoms with Crippen molar-refractivity contribution in [3.05, 3.63) is 94.2 Å². The summed E-state index contributed by atoms with van der Waals surface area (Å²) in [5.41, 5.74) is 8.84. The molecule has 0 bridgehead atoms. The highest BCUT2D eigenvalue weighted by atomic mass is 35.5. The zero-order valence-electron chi connectivity index (χ0n) is 15.6. The first kappa shape index (κ1) is 18.9. The summed E-state index contributed by atoms with van der Waals surface area (Å²) < 4.78 is 14.6. The van der Waals surface area contributed by atoms with Crippen LogP contribution in [-0.4, -0.2) is 11.2 Å².